The predicted octanol–water partition coefficient (Wildman–Crippen LogP) is 3.61. The first-order chi connectivity index (χ1) is 6.74. The van der Waals surface area contributed by atoms with E-state index >= 15 is 0 Å². The van der Waals surface area contributed by atoms with Crippen molar-refractivity contribution in [3.8, 4) is 0 Å². The summed E-state index contributed by atoms with van der Waals surface area (Å²) in [5, 5.41) is 1.18. The Balaban J connectivity index is 1.86. The summed E-state index contributed by atoms with van der Waals surface area (Å²) in [6.45, 7) is 4.45. The van der Waals surface area contributed by atoms with E-state index in [4.69, 9.17) is 4.74 Å². The van der Waals surface area contributed by atoms with Gasteiger partial charge in [0, 0.05) is 18.5 Å². The molecule has 0 amide bonds. The van der Waals surface area contributed by atoms with Crippen LogP contribution in [0.25, 0.3) is 0 Å². The van der Waals surface area contributed by atoms with Crippen molar-refractivity contribution in [3.05, 3.63) is 0 Å². The minimum atomic E-state index is 0.571. The molecule has 14 heavy (non-hydrogen) atoms. The summed E-state index contributed by atoms with van der Waals surface area (Å²) >= 11 is 3.71. The standard InChI is InChI=1S/C12H21BrO/c1-12(9-13,11-2-3-11)8-10-4-6-14-7-5-10/h10-11H,2-9H2,1H3. The maximum Gasteiger partial charge on any atom is 0.0468 e. The third-order valence-corrected chi connectivity index (χ3v) is 5.25. The maximum atomic E-state index is 5.41. The molecular formula is C12H21BrO. The van der Waals surface area contributed by atoms with Crippen LogP contribution in [-0.2, 0) is 4.74 Å². The van der Waals surface area contributed by atoms with Gasteiger partial charge in [-0.3, -0.25) is 0 Å². The molecular weight excluding hydrogens is 240 g/mol. The Hall–Kier alpha value is 0.440. The molecule has 0 radical (unpaired) electrons. The van der Waals surface area contributed by atoms with Crippen molar-refractivity contribution in [3.63, 3.8) is 0 Å². The molecule has 2 heteroatoms. The van der Waals surface area contributed by atoms with Crippen LogP contribution >= 0.6 is 15.9 Å². The highest BCUT2D eigenvalue weighted by Crippen LogP contribution is 2.50. The van der Waals surface area contributed by atoms with E-state index in [1.54, 1.807) is 0 Å². The first-order valence-corrected chi connectivity index (χ1v) is 7.00. The first kappa shape index (κ1) is 10.9. The van der Waals surface area contributed by atoms with Crippen LogP contribution in [0.4, 0.5) is 0 Å². The van der Waals surface area contributed by atoms with Gasteiger partial charge >= 0.3 is 0 Å². The van der Waals surface area contributed by atoms with Crippen LogP contribution in [0.15, 0.2) is 0 Å². The Bertz CT molecular complexity index is 185. The number of halogens is 1. The number of rotatable bonds is 4. The van der Waals surface area contributed by atoms with Gasteiger partial charge in [0.25, 0.3) is 0 Å². The van der Waals surface area contributed by atoms with E-state index in [0.717, 1.165) is 25.0 Å². The molecule has 2 fully saturated rings. The summed E-state index contributed by atoms with van der Waals surface area (Å²) in [4.78, 5) is 0. The molecule has 0 aromatic carbocycles. The van der Waals surface area contributed by atoms with Crippen molar-refractivity contribution in [2.45, 2.75) is 39.0 Å². The molecule has 1 heterocycles. The normalized spacial score (nSPS) is 28.7. The van der Waals surface area contributed by atoms with E-state index < -0.39 is 0 Å². The largest absolute Gasteiger partial charge is 0.381 e. The van der Waals surface area contributed by atoms with E-state index in [2.05, 4.69) is 22.9 Å². The molecule has 1 nitrogen and oxygen atoms in total. The highest BCUT2D eigenvalue weighted by atomic mass is 79.9. The van der Waals surface area contributed by atoms with Crippen LogP contribution in [0.5, 0.6) is 0 Å². The molecule has 1 aliphatic carbocycles. The fourth-order valence-electron chi connectivity index (χ4n) is 2.72. The van der Waals surface area contributed by atoms with Gasteiger partial charge in [0.15, 0.2) is 0 Å². The Morgan fingerprint density at radius 2 is 1.86 bits per heavy atom. The summed E-state index contributed by atoms with van der Waals surface area (Å²) in [6, 6.07) is 0. The molecule has 1 saturated carbocycles. The Morgan fingerprint density at radius 3 is 2.36 bits per heavy atom. The minimum Gasteiger partial charge on any atom is -0.381 e. The van der Waals surface area contributed by atoms with E-state index in [0.29, 0.717) is 5.41 Å². The summed E-state index contributed by atoms with van der Waals surface area (Å²) in [7, 11) is 0. The molecule has 0 aromatic heterocycles. The monoisotopic (exact) mass is 260 g/mol. The zero-order chi connectivity index (χ0) is 10.0. The smallest absolute Gasteiger partial charge is 0.0468 e. The summed E-state index contributed by atoms with van der Waals surface area (Å²) in [5.41, 5.74) is 0.571. The minimum absolute atomic E-state index is 0.571. The lowest BCUT2D eigenvalue weighted by Crippen LogP contribution is -2.28. The maximum absolute atomic E-state index is 5.41. The lowest BCUT2D eigenvalue weighted by Gasteiger charge is -2.33. The zero-order valence-electron chi connectivity index (χ0n) is 9.10. The average Bonchev–Trinajstić information content (AvgIpc) is 3.03. The fraction of sp³-hybridized carbons (Fsp3) is 1.00. The lowest BCUT2D eigenvalue weighted by molar-refractivity contribution is 0.0491. The molecule has 1 saturated heterocycles. The molecule has 1 atom stereocenters. The van der Waals surface area contributed by atoms with E-state index in [-0.39, 0.29) is 0 Å². The topological polar surface area (TPSA) is 9.23 Å². The van der Waals surface area contributed by atoms with Crippen molar-refractivity contribution < 1.29 is 4.74 Å². The molecule has 2 rings (SSSR count). The van der Waals surface area contributed by atoms with Gasteiger partial charge in [0.2, 0.25) is 0 Å². The van der Waals surface area contributed by atoms with Gasteiger partial charge < -0.3 is 4.74 Å². The van der Waals surface area contributed by atoms with E-state index in [1.807, 2.05) is 0 Å². The van der Waals surface area contributed by atoms with Gasteiger partial charge in [-0.2, -0.15) is 0 Å². The summed E-state index contributed by atoms with van der Waals surface area (Å²) in [5.74, 6) is 1.93. The molecule has 0 bridgehead atoms. The van der Waals surface area contributed by atoms with Crippen LogP contribution in [0.3, 0.4) is 0 Å². The number of hydrogen-bond acceptors (Lipinski definition) is 1. The molecule has 0 aromatic rings. The van der Waals surface area contributed by atoms with Crippen LogP contribution in [0.2, 0.25) is 0 Å². The third-order valence-electron chi connectivity index (χ3n) is 3.96. The Morgan fingerprint density at radius 1 is 1.21 bits per heavy atom. The van der Waals surface area contributed by atoms with Crippen LogP contribution in [-0.4, -0.2) is 18.5 Å². The average molecular weight is 261 g/mol. The second-order valence-electron chi connectivity index (χ2n) is 5.32. The van der Waals surface area contributed by atoms with Crippen molar-refractivity contribution in [2.75, 3.05) is 18.5 Å². The van der Waals surface area contributed by atoms with Crippen molar-refractivity contribution in [1.82, 2.24) is 0 Å². The van der Waals surface area contributed by atoms with Crippen LogP contribution in [0.1, 0.15) is 39.0 Å². The van der Waals surface area contributed by atoms with E-state index in [9.17, 15) is 0 Å². The number of hydrogen-bond donors (Lipinski definition) is 0. The first-order valence-electron chi connectivity index (χ1n) is 5.88. The van der Waals surface area contributed by atoms with Gasteiger partial charge in [0.1, 0.15) is 0 Å². The predicted molar refractivity (Wildman–Crippen MR) is 62.8 cm³/mol. The zero-order valence-corrected chi connectivity index (χ0v) is 10.7. The van der Waals surface area contributed by atoms with Crippen molar-refractivity contribution in [1.29, 1.82) is 0 Å². The highest BCUT2D eigenvalue weighted by molar-refractivity contribution is 9.09. The third kappa shape index (κ3) is 2.52. The molecule has 2 aliphatic rings. The number of ether oxygens (including phenoxy) is 1. The van der Waals surface area contributed by atoms with Crippen LogP contribution < -0.4 is 0 Å². The van der Waals surface area contributed by atoms with Crippen molar-refractivity contribution in [2.24, 2.45) is 17.3 Å². The fourth-order valence-corrected chi connectivity index (χ4v) is 3.41. The van der Waals surface area contributed by atoms with E-state index in [1.165, 1.54) is 37.4 Å². The lowest BCUT2D eigenvalue weighted by atomic mass is 9.76. The quantitative estimate of drug-likeness (QED) is 0.702. The summed E-state index contributed by atoms with van der Waals surface area (Å²) in [6.07, 6.45) is 6.91. The molecule has 82 valence electrons. The Labute approximate surface area is 95.7 Å². The van der Waals surface area contributed by atoms with Gasteiger partial charge in [0.05, 0.1) is 0 Å². The molecule has 1 unspecified atom stereocenters. The highest BCUT2D eigenvalue weighted by Gasteiger charge is 2.41. The molecule has 0 N–H and O–H groups in total. The molecule has 1 aliphatic heterocycles. The van der Waals surface area contributed by atoms with Gasteiger partial charge in [-0.15, -0.1) is 0 Å². The van der Waals surface area contributed by atoms with Crippen LogP contribution in [0, 0.1) is 17.3 Å². The second kappa shape index (κ2) is 4.52. The second-order valence-corrected chi connectivity index (χ2v) is 5.88. The Kier molecular flexibility index (Phi) is 3.54. The van der Waals surface area contributed by atoms with Crippen molar-refractivity contribution >= 4 is 15.9 Å². The molecule has 0 spiro atoms. The van der Waals surface area contributed by atoms with Gasteiger partial charge in [-0.05, 0) is 49.4 Å². The van der Waals surface area contributed by atoms with Gasteiger partial charge in [-0.1, -0.05) is 22.9 Å². The summed E-state index contributed by atoms with van der Waals surface area (Å²) < 4.78 is 5.41. The SMILES string of the molecule is CC(CBr)(CC1CCOCC1)C1CC1. The van der Waals surface area contributed by atoms with Gasteiger partial charge in [-0.25, -0.2) is 0 Å². The number of alkyl halides is 1.